The summed E-state index contributed by atoms with van der Waals surface area (Å²) in [6.07, 6.45) is 11.5. The Morgan fingerprint density at radius 1 is 1.00 bits per heavy atom. The third kappa shape index (κ3) is 9.35. The highest BCUT2D eigenvalue weighted by atomic mass is 32.1. The molecule has 0 bridgehead atoms. The molecule has 10 heteroatoms. The molecule has 1 amide bonds. The number of nitrogens with zero attached hydrogens (tertiary/aromatic N) is 6. The summed E-state index contributed by atoms with van der Waals surface area (Å²) in [5.74, 6) is 2.56. The molecule has 3 heterocycles. The van der Waals surface area contributed by atoms with Crippen LogP contribution in [0.2, 0.25) is 0 Å². The molecule has 9 nitrogen and oxygen atoms in total. The second-order valence-corrected chi connectivity index (χ2v) is 14.0. The van der Waals surface area contributed by atoms with Gasteiger partial charge < -0.3 is 19.6 Å². The average Bonchev–Trinajstić information content (AvgIpc) is 3.82. The number of hydrogen-bond donors (Lipinski definition) is 1. The van der Waals surface area contributed by atoms with Crippen LogP contribution in [0.4, 0.5) is 5.00 Å². The number of unbranched alkanes of at least 4 members (excludes halogenated alkanes) is 2. The Hall–Kier alpha value is -3.50. The van der Waals surface area contributed by atoms with E-state index >= 15 is 0 Å². The van der Waals surface area contributed by atoms with Crippen LogP contribution < -0.4 is 14.9 Å². The van der Waals surface area contributed by atoms with Gasteiger partial charge in [-0.1, -0.05) is 66.2 Å². The molecular weight excluding hydrogens is 621 g/mol. The standard InChI is InChI=1S/C38H56N6O3S/c1-8-13-15-28(10-3)23-43(24-29(11-4)16-14-9-2)35(46)25-42(12-5)36-18-17-33(48-36)22-34-27(6)41-44-37(39-40-38(34)44)31-19-30(26-45)20-32(21-31)47-7/h17-22,28-29,45H,8-16,23-26H2,1-7H3/b34-22-. The van der Waals surface area contributed by atoms with Gasteiger partial charge in [0.1, 0.15) is 5.75 Å². The predicted molar refractivity (Wildman–Crippen MR) is 198 cm³/mol. The van der Waals surface area contributed by atoms with Gasteiger partial charge in [0, 0.05) is 35.3 Å². The first-order valence-corrected chi connectivity index (χ1v) is 18.7. The van der Waals surface area contributed by atoms with Crippen LogP contribution in [-0.2, 0) is 11.4 Å². The van der Waals surface area contributed by atoms with Crippen molar-refractivity contribution in [3.05, 3.63) is 51.7 Å². The van der Waals surface area contributed by atoms with E-state index in [-0.39, 0.29) is 12.5 Å². The molecule has 2 unspecified atom stereocenters. The van der Waals surface area contributed by atoms with Crippen molar-refractivity contribution in [2.24, 2.45) is 11.8 Å². The van der Waals surface area contributed by atoms with Gasteiger partial charge in [0.2, 0.25) is 5.91 Å². The summed E-state index contributed by atoms with van der Waals surface area (Å²) in [5, 5.41) is 25.5. The highest BCUT2D eigenvalue weighted by molar-refractivity contribution is 7.16. The molecule has 0 spiro atoms. The largest absolute Gasteiger partial charge is 0.497 e. The third-order valence-corrected chi connectivity index (χ3v) is 10.6. The molecule has 1 aromatic carbocycles. The molecule has 0 aliphatic carbocycles. The Labute approximate surface area is 291 Å². The molecule has 0 saturated carbocycles. The Balaban J connectivity index is 1.57. The van der Waals surface area contributed by atoms with Crippen molar-refractivity contribution in [2.75, 3.05) is 38.2 Å². The molecule has 4 rings (SSSR count). The summed E-state index contributed by atoms with van der Waals surface area (Å²) in [7, 11) is 1.60. The van der Waals surface area contributed by atoms with E-state index in [4.69, 9.17) is 9.84 Å². The second kappa shape index (κ2) is 18.3. The van der Waals surface area contributed by atoms with Crippen molar-refractivity contribution in [1.29, 1.82) is 0 Å². The molecule has 0 radical (unpaired) electrons. The Morgan fingerprint density at radius 3 is 2.27 bits per heavy atom. The van der Waals surface area contributed by atoms with Crippen molar-refractivity contribution in [3.63, 3.8) is 0 Å². The second-order valence-electron chi connectivity index (χ2n) is 13.0. The molecule has 4 aromatic rings. The first-order valence-electron chi connectivity index (χ1n) is 17.9. The number of carbonyl (C=O) groups is 1. The van der Waals surface area contributed by atoms with Gasteiger partial charge in [0.25, 0.3) is 0 Å². The number of hydrogen-bond acceptors (Lipinski definition) is 8. The van der Waals surface area contributed by atoms with Gasteiger partial charge in [-0.15, -0.1) is 21.5 Å². The zero-order valence-electron chi connectivity index (χ0n) is 30.2. The normalized spacial score (nSPS) is 13.3. The van der Waals surface area contributed by atoms with Gasteiger partial charge >= 0.3 is 0 Å². The SMILES string of the molecule is CCCCC(CC)CN(CC(CC)CCCC)C(=O)CN(CC)c1ccc(/C=c2/c(C)nn3c(-c4cc(CO)cc(OC)c4)nnc23)s1. The molecule has 3 aromatic heterocycles. The van der Waals surface area contributed by atoms with Gasteiger partial charge in [-0.05, 0) is 80.5 Å². The van der Waals surface area contributed by atoms with Crippen molar-refractivity contribution < 1.29 is 14.6 Å². The van der Waals surface area contributed by atoms with Crippen molar-refractivity contribution >= 4 is 34.0 Å². The van der Waals surface area contributed by atoms with Crippen LogP contribution in [0.25, 0.3) is 23.1 Å². The van der Waals surface area contributed by atoms with E-state index in [0.717, 1.165) is 64.4 Å². The van der Waals surface area contributed by atoms with E-state index in [2.05, 4.69) is 72.8 Å². The van der Waals surface area contributed by atoms with E-state index < -0.39 is 0 Å². The van der Waals surface area contributed by atoms with Crippen LogP contribution in [0, 0.1) is 18.8 Å². The lowest BCUT2D eigenvalue weighted by Crippen LogP contribution is -2.44. The number of benzene rings is 1. The molecule has 0 aliphatic rings. The smallest absolute Gasteiger partial charge is 0.242 e. The van der Waals surface area contributed by atoms with Gasteiger partial charge in [0.15, 0.2) is 11.5 Å². The Kier molecular flexibility index (Phi) is 14.2. The number of rotatable bonds is 20. The van der Waals surface area contributed by atoms with E-state index in [1.54, 1.807) is 29.0 Å². The molecule has 0 saturated heterocycles. The van der Waals surface area contributed by atoms with Gasteiger partial charge in [0.05, 0.1) is 31.0 Å². The zero-order valence-corrected chi connectivity index (χ0v) is 31.0. The van der Waals surface area contributed by atoms with Crippen LogP contribution in [0.3, 0.4) is 0 Å². The van der Waals surface area contributed by atoms with E-state index in [0.29, 0.717) is 35.6 Å². The number of aryl methyl sites for hydroxylation is 1. The summed E-state index contributed by atoms with van der Waals surface area (Å²) in [6.45, 7) is 15.9. The minimum atomic E-state index is -0.103. The van der Waals surface area contributed by atoms with Crippen LogP contribution in [0.5, 0.6) is 5.75 Å². The molecule has 48 heavy (non-hydrogen) atoms. The fraction of sp³-hybridized carbons (Fsp3) is 0.579. The number of aliphatic hydroxyl groups excluding tert-OH is 1. The maximum atomic E-state index is 14.0. The fourth-order valence-corrected chi connectivity index (χ4v) is 7.35. The lowest BCUT2D eigenvalue weighted by molar-refractivity contribution is -0.131. The number of methoxy groups -OCH3 is 1. The number of amides is 1. The molecule has 1 N–H and O–H groups in total. The monoisotopic (exact) mass is 676 g/mol. The summed E-state index contributed by atoms with van der Waals surface area (Å²) in [4.78, 5) is 19.5. The molecular formula is C38H56N6O3S. The number of anilines is 1. The van der Waals surface area contributed by atoms with Crippen LogP contribution in [0.1, 0.15) is 102 Å². The van der Waals surface area contributed by atoms with E-state index in [9.17, 15) is 9.90 Å². The lowest BCUT2D eigenvalue weighted by atomic mass is 9.95. The Bertz CT molecular complexity index is 1610. The predicted octanol–water partition coefficient (Wildman–Crippen LogP) is 7.30. The molecule has 0 fully saturated rings. The first-order chi connectivity index (χ1) is 23.3. The maximum absolute atomic E-state index is 14.0. The van der Waals surface area contributed by atoms with Gasteiger partial charge in [-0.25, -0.2) is 0 Å². The number of likely N-dealkylation sites (N-methyl/N-ethyl adjacent to an activating group) is 1. The van der Waals surface area contributed by atoms with Crippen LogP contribution in [-0.4, -0.2) is 69.0 Å². The minimum Gasteiger partial charge on any atom is -0.497 e. The van der Waals surface area contributed by atoms with Gasteiger partial charge in [-0.3, -0.25) is 4.79 Å². The third-order valence-electron chi connectivity index (χ3n) is 9.48. The highest BCUT2D eigenvalue weighted by Gasteiger charge is 2.24. The summed E-state index contributed by atoms with van der Waals surface area (Å²) < 4.78 is 7.19. The minimum absolute atomic E-state index is 0.103. The van der Waals surface area contributed by atoms with Crippen molar-refractivity contribution in [1.82, 2.24) is 24.7 Å². The number of aromatic nitrogens is 4. The molecule has 0 aliphatic heterocycles. The summed E-state index contributed by atoms with van der Waals surface area (Å²) in [6, 6.07) is 9.78. The first kappa shape index (κ1) is 37.3. The fourth-order valence-electron chi connectivity index (χ4n) is 6.33. The number of carbonyl (C=O) groups excluding carboxylic acids is 1. The molecule has 2 atom stereocenters. The van der Waals surface area contributed by atoms with E-state index in [1.165, 1.54) is 38.5 Å². The van der Waals surface area contributed by atoms with Crippen LogP contribution >= 0.6 is 11.3 Å². The highest BCUT2D eigenvalue weighted by Crippen LogP contribution is 2.28. The number of aliphatic hydroxyl groups is 1. The topological polar surface area (TPSA) is 96.1 Å². The van der Waals surface area contributed by atoms with Crippen molar-refractivity contribution in [2.45, 2.75) is 99.5 Å². The van der Waals surface area contributed by atoms with Crippen LogP contribution in [0.15, 0.2) is 30.3 Å². The molecule has 262 valence electrons. The average molecular weight is 677 g/mol. The van der Waals surface area contributed by atoms with Gasteiger partial charge in [-0.2, -0.15) is 9.61 Å². The summed E-state index contributed by atoms with van der Waals surface area (Å²) in [5.41, 5.74) is 3.03. The number of ether oxygens (including phenoxy) is 1. The number of fused-ring (bicyclic) bond motifs is 1. The zero-order chi connectivity index (χ0) is 34.6. The maximum Gasteiger partial charge on any atom is 0.242 e. The quantitative estimate of drug-likeness (QED) is 0.105. The van der Waals surface area contributed by atoms with Crippen molar-refractivity contribution in [3.8, 4) is 17.1 Å². The lowest BCUT2D eigenvalue weighted by Gasteiger charge is -2.33. The summed E-state index contributed by atoms with van der Waals surface area (Å²) >= 11 is 1.68. The number of thiophene rings is 1. The van der Waals surface area contributed by atoms with E-state index in [1.807, 2.05) is 19.1 Å². The Morgan fingerprint density at radius 2 is 1.69 bits per heavy atom.